The second kappa shape index (κ2) is 6.73. The van der Waals surface area contributed by atoms with Crippen molar-refractivity contribution in [3.63, 3.8) is 0 Å². The van der Waals surface area contributed by atoms with Crippen LogP contribution in [0.5, 0.6) is 5.75 Å². The summed E-state index contributed by atoms with van der Waals surface area (Å²) in [5.41, 5.74) is 3.31. The molecule has 1 atom stereocenters. The molecule has 1 unspecified atom stereocenters. The molecule has 1 heterocycles. The number of nitrogens with one attached hydrogen (secondary N) is 1. The number of ether oxygens (including phenoxy) is 1. The van der Waals surface area contributed by atoms with Gasteiger partial charge < -0.3 is 10.1 Å². The number of benzene rings is 1. The van der Waals surface area contributed by atoms with E-state index in [4.69, 9.17) is 16.3 Å². The highest BCUT2D eigenvalue weighted by Crippen LogP contribution is 2.28. The molecule has 20 heavy (non-hydrogen) atoms. The van der Waals surface area contributed by atoms with Crippen LogP contribution in [-0.4, -0.2) is 19.1 Å². The first kappa shape index (κ1) is 14.8. The van der Waals surface area contributed by atoms with E-state index in [0.717, 1.165) is 28.5 Å². The van der Waals surface area contributed by atoms with Gasteiger partial charge in [0.25, 0.3) is 0 Å². The fourth-order valence-electron chi connectivity index (χ4n) is 2.36. The fourth-order valence-corrected chi connectivity index (χ4v) is 2.55. The van der Waals surface area contributed by atoms with Gasteiger partial charge in [0.15, 0.2) is 0 Å². The van der Waals surface area contributed by atoms with Crippen molar-refractivity contribution in [1.29, 1.82) is 0 Å². The van der Waals surface area contributed by atoms with Crippen LogP contribution >= 0.6 is 11.6 Å². The minimum atomic E-state index is 0.177. The van der Waals surface area contributed by atoms with E-state index in [2.05, 4.69) is 16.4 Å². The second-order valence-corrected chi connectivity index (χ2v) is 5.12. The summed E-state index contributed by atoms with van der Waals surface area (Å²) in [6.07, 6.45) is 2.61. The van der Waals surface area contributed by atoms with Gasteiger partial charge in [-0.15, -0.1) is 0 Å². The third-order valence-corrected chi connectivity index (χ3v) is 3.67. The summed E-state index contributed by atoms with van der Waals surface area (Å²) in [6, 6.07) is 9.93. The van der Waals surface area contributed by atoms with Crippen molar-refractivity contribution < 1.29 is 4.74 Å². The summed E-state index contributed by atoms with van der Waals surface area (Å²) < 4.78 is 5.41. The zero-order chi connectivity index (χ0) is 14.5. The summed E-state index contributed by atoms with van der Waals surface area (Å²) in [5.74, 6) is 0.858. The average molecular weight is 291 g/mol. The monoisotopic (exact) mass is 290 g/mol. The van der Waals surface area contributed by atoms with Crippen molar-refractivity contribution in [2.75, 3.05) is 14.2 Å². The quantitative estimate of drug-likeness (QED) is 0.914. The number of nitrogens with zero attached hydrogens (tertiary/aromatic N) is 1. The van der Waals surface area contributed by atoms with Gasteiger partial charge in [-0.2, -0.15) is 0 Å². The molecule has 1 aromatic carbocycles. The lowest BCUT2D eigenvalue weighted by Crippen LogP contribution is -2.20. The van der Waals surface area contributed by atoms with E-state index < -0.39 is 0 Å². The Labute approximate surface area is 124 Å². The number of aromatic nitrogens is 1. The smallest absolute Gasteiger partial charge is 0.122 e. The van der Waals surface area contributed by atoms with Crippen LogP contribution in [0.4, 0.5) is 0 Å². The third kappa shape index (κ3) is 3.30. The van der Waals surface area contributed by atoms with Crippen molar-refractivity contribution in [2.24, 2.45) is 0 Å². The van der Waals surface area contributed by atoms with Crippen LogP contribution in [0.2, 0.25) is 5.02 Å². The second-order valence-electron chi connectivity index (χ2n) is 4.68. The van der Waals surface area contributed by atoms with Crippen LogP contribution in [0, 0.1) is 6.92 Å². The third-order valence-electron chi connectivity index (χ3n) is 3.44. The topological polar surface area (TPSA) is 34.1 Å². The van der Waals surface area contributed by atoms with Crippen molar-refractivity contribution in [2.45, 2.75) is 19.4 Å². The molecule has 3 nitrogen and oxygen atoms in total. The van der Waals surface area contributed by atoms with Crippen LogP contribution in [-0.2, 0) is 6.42 Å². The van der Waals surface area contributed by atoms with Gasteiger partial charge in [0, 0.05) is 23.0 Å². The minimum Gasteiger partial charge on any atom is -0.496 e. The van der Waals surface area contributed by atoms with Gasteiger partial charge >= 0.3 is 0 Å². The molecule has 4 heteroatoms. The van der Waals surface area contributed by atoms with Crippen molar-refractivity contribution in [3.8, 4) is 5.75 Å². The highest BCUT2D eigenvalue weighted by atomic mass is 35.5. The Balaban J connectivity index is 2.31. The average Bonchev–Trinajstić information content (AvgIpc) is 2.46. The molecule has 2 aromatic rings. The van der Waals surface area contributed by atoms with Gasteiger partial charge in [-0.1, -0.05) is 17.7 Å². The van der Waals surface area contributed by atoms with E-state index in [9.17, 15) is 0 Å². The van der Waals surface area contributed by atoms with E-state index in [0.29, 0.717) is 0 Å². The predicted molar refractivity (Wildman–Crippen MR) is 82.5 cm³/mol. The number of likely N-dealkylation sites (N-methyl/N-ethyl adjacent to an activating group) is 1. The Morgan fingerprint density at radius 3 is 2.80 bits per heavy atom. The first-order chi connectivity index (χ1) is 9.65. The van der Waals surface area contributed by atoms with E-state index >= 15 is 0 Å². The van der Waals surface area contributed by atoms with Gasteiger partial charge in [-0.3, -0.25) is 4.98 Å². The Morgan fingerprint density at radius 1 is 1.35 bits per heavy atom. The molecule has 0 spiro atoms. The first-order valence-corrected chi connectivity index (χ1v) is 6.94. The van der Waals surface area contributed by atoms with Gasteiger partial charge in [0.2, 0.25) is 0 Å². The number of methoxy groups -OCH3 is 1. The number of rotatable bonds is 5. The maximum absolute atomic E-state index is 6.09. The molecule has 0 aliphatic rings. The van der Waals surface area contributed by atoms with Crippen molar-refractivity contribution >= 4 is 11.6 Å². The maximum Gasteiger partial charge on any atom is 0.122 e. The molecule has 0 radical (unpaired) electrons. The fraction of sp³-hybridized carbons (Fsp3) is 0.312. The zero-order valence-electron chi connectivity index (χ0n) is 12.0. The number of halogens is 1. The molecule has 106 valence electrons. The van der Waals surface area contributed by atoms with Gasteiger partial charge in [-0.25, -0.2) is 0 Å². The van der Waals surface area contributed by atoms with E-state index in [1.165, 1.54) is 5.56 Å². The van der Waals surface area contributed by atoms with E-state index in [-0.39, 0.29) is 6.04 Å². The van der Waals surface area contributed by atoms with Crippen molar-refractivity contribution in [1.82, 2.24) is 10.3 Å². The molecule has 0 fully saturated rings. The Hall–Kier alpha value is -1.58. The summed E-state index contributed by atoms with van der Waals surface area (Å²) >= 11 is 6.09. The number of pyridine rings is 1. The van der Waals surface area contributed by atoms with E-state index in [1.54, 1.807) is 7.11 Å². The predicted octanol–water partition coefficient (Wildman–Crippen LogP) is 3.56. The van der Waals surface area contributed by atoms with Crippen LogP contribution in [0.3, 0.4) is 0 Å². The van der Waals surface area contributed by atoms with E-state index in [1.807, 2.05) is 44.4 Å². The standard InChI is InChI=1S/C16H19ClN2O/c1-11-14(5-4-8-19-11)15(18-2)10-12-9-13(17)6-7-16(12)20-3/h4-9,15,18H,10H2,1-3H3. The molecule has 1 N–H and O–H groups in total. The molecular weight excluding hydrogens is 272 g/mol. The Bertz CT molecular complexity index is 586. The highest BCUT2D eigenvalue weighted by Gasteiger charge is 2.15. The Morgan fingerprint density at radius 2 is 2.15 bits per heavy atom. The molecule has 0 amide bonds. The number of hydrogen-bond donors (Lipinski definition) is 1. The van der Waals surface area contributed by atoms with Gasteiger partial charge in [0.1, 0.15) is 5.75 Å². The number of aryl methyl sites for hydroxylation is 1. The van der Waals surface area contributed by atoms with Gasteiger partial charge in [-0.05, 0) is 55.8 Å². The van der Waals surface area contributed by atoms with Crippen LogP contribution in [0.15, 0.2) is 36.5 Å². The van der Waals surface area contributed by atoms with Gasteiger partial charge in [0.05, 0.1) is 7.11 Å². The lowest BCUT2D eigenvalue weighted by atomic mass is 9.97. The molecule has 0 aliphatic heterocycles. The first-order valence-electron chi connectivity index (χ1n) is 6.57. The normalized spacial score (nSPS) is 12.2. The van der Waals surface area contributed by atoms with Crippen LogP contribution in [0.25, 0.3) is 0 Å². The molecule has 0 saturated carbocycles. The van der Waals surface area contributed by atoms with Crippen LogP contribution < -0.4 is 10.1 Å². The largest absolute Gasteiger partial charge is 0.496 e. The molecule has 1 aromatic heterocycles. The SMILES string of the molecule is CNC(Cc1cc(Cl)ccc1OC)c1cccnc1C. The molecule has 0 aliphatic carbocycles. The summed E-state index contributed by atoms with van der Waals surface area (Å²) in [5, 5.41) is 4.06. The highest BCUT2D eigenvalue weighted by molar-refractivity contribution is 6.30. The number of hydrogen-bond acceptors (Lipinski definition) is 3. The summed E-state index contributed by atoms with van der Waals surface area (Å²) in [6.45, 7) is 2.02. The molecular formula is C16H19ClN2O. The minimum absolute atomic E-state index is 0.177. The van der Waals surface area contributed by atoms with Crippen LogP contribution in [0.1, 0.15) is 22.9 Å². The lowest BCUT2D eigenvalue weighted by Gasteiger charge is -2.19. The lowest BCUT2D eigenvalue weighted by molar-refractivity contribution is 0.406. The van der Waals surface area contributed by atoms with Crippen molar-refractivity contribution in [3.05, 3.63) is 58.4 Å². The molecule has 0 bridgehead atoms. The zero-order valence-corrected chi connectivity index (χ0v) is 12.7. The Kier molecular flexibility index (Phi) is 4.99. The summed E-state index contributed by atoms with van der Waals surface area (Å²) in [4.78, 5) is 4.35. The molecule has 0 saturated heterocycles. The maximum atomic E-state index is 6.09. The molecule has 2 rings (SSSR count). The summed E-state index contributed by atoms with van der Waals surface area (Å²) in [7, 11) is 3.63.